The Morgan fingerprint density at radius 3 is 2.42 bits per heavy atom. The highest BCUT2D eigenvalue weighted by molar-refractivity contribution is 6.45. The Labute approximate surface area is 190 Å². The van der Waals surface area contributed by atoms with E-state index in [0.717, 1.165) is 0 Å². The third-order valence-electron chi connectivity index (χ3n) is 5.04. The lowest BCUT2D eigenvalue weighted by Crippen LogP contribution is -2.44. The maximum Gasteiger partial charge on any atom is 0.376 e. The number of carbonyl (C=O) groups is 3. The molecule has 2 amide bonds. The number of aliphatic imine (C=N–C) groups is 1. The number of hydrogen-bond donors (Lipinski definition) is 1. The van der Waals surface area contributed by atoms with Gasteiger partial charge < -0.3 is 19.2 Å². The number of ether oxygens (including phenoxy) is 2. The quantitative estimate of drug-likeness (QED) is 0.539. The molecule has 2 heterocycles. The Kier molecular flexibility index (Phi) is 6.77. The van der Waals surface area contributed by atoms with Crippen LogP contribution in [0.1, 0.15) is 10.4 Å². The summed E-state index contributed by atoms with van der Waals surface area (Å²) in [6.07, 6.45) is 1.26. The SMILES string of the molecule is COc1ccc(N2NOC(=O)/C2=C\C(=NC(=O)c2ccccc2)C(=O)N2CCOCC2)cc1. The highest BCUT2D eigenvalue weighted by Crippen LogP contribution is 2.24. The van der Waals surface area contributed by atoms with E-state index in [1.165, 1.54) is 16.0 Å². The molecule has 0 unspecified atom stereocenters. The largest absolute Gasteiger partial charge is 0.497 e. The van der Waals surface area contributed by atoms with Crippen LogP contribution in [0.4, 0.5) is 5.69 Å². The number of amides is 2. The molecule has 0 bridgehead atoms. The minimum Gasteiger partial charge on any atom is -0.497 e. The molecule has 170 valence electrons. The summed E-state index contributed by atoms with van der Waals surface area (Å²) in [6, 6.07) is 15.2. The molecule has 2 aromatic rings. The van der Waals surface area contributed by atoms with Crippen molar-refractivity contribution in [2.24, 2.45) is 4.99 Å². The molecule has 0 aromatic heterocycles. The average Bonchev–Trinajstić information content (AvgIpc) is 3.24. The van der Waals surface area contributed by atoms with Crippen LogP contribution < -0.4 is 15.3 Å². The zero-order valence-electron chi connectivity index (χ0n) is 17.9. The molecule has 2 aromatic carbocycles. The lowest BCUT2D eigenvalue weighted by atomic mass is 10.2. The summed E-state index contributed by atoms with van der Waals surface area (Å²) in [7, 11) is 1.55. The van der Waals surface area contributed by atoms with Crippen molar-refractivity contribution in [2.45, 2.75) is 0 Å². The molecule has 0 saturated carbocycles. The fourth-order valence-corrected chi connectivity index (χ4v) is 3.28. The molecule has 2 aliphatic rings. The van der Waals surface area contributed by atoms with Gasteiger partial charge in [0, 0.05) is 24.7 Å². The van der Waals surface area contributed by atoms with Gasteiger partial charge in [-0.15, -0.1) is 0 Å². The van der Waals surface area contributed by atoms with E-state index in [1.54, 1.807) is 61.7 Å². The molecule has 10 nitrogen and oxygen atoms in total. The Bertz CT molecular complexity index is 1090. The first kappa shape index (κ1) is 22.2. The summed E-state index contributed by atoms with van der Waals surface area (Å²) in [4.78, 5) is 49.0. The zero-order valence-corrected chi connectivity index (χ0v) is 17.9. The summed E-state index contributed by atoms with van der Waals surface area (Å²) >= 11 is 0. The number of morpholine rings is 1. The molecule has 10 heteroatoms. The maximum absolute atomic E-state index is 13.2. The first-order valence-electron chi connectivity index (χ1n) is 10.2. The Morgan fingerprint density at radius 1 is 1.06 bits per heavy atom. The number of anilines is 1. The molecule has 33 heavy (non-hydrogen) atoms. The van der Waals surface area contributed by atoms with Crippen molar-refractivity contribution in [3.8, 4) is 5.75 Å². The van der Waals surface area contributed by atoms with Gasteiger partial charge in [-0.3, -0.25) is 9.59 Å². The summed E-state index contributed by atoms with van der Waals surface area (Å²) in [5, 5.41) is 1.36. The van der Waals surface area contributed by atoms with Gasteiger partial charge in [-0.1, -0.05) is 23.8 Å². The Morgan fingerprint density at radius 2 is 1.76 bits per heavy atom. The fourth-order valence-electron chi connectivity index (χ4n) is 3.28. The third-order valence-corrected chi connectivity index (χ3v) is 5.04. The molecule has 2 saturated heterocycles. The minimum atomic E-state index is -0.722. The van der Waals surface area contributed by atoms with E-state index in [2.05, 4.69) is 10.6 Å². The standard InChI is InChI=1S/C23H22N4O6/c1-31-18-9-7-17(8-10-18)27-20(23(30)33-25-27)15-19(22(29)26-11-13-32-14-12-26)24-21(28)16-5-3-2-4-6-16/h2-10,15,25H,11-14H2,1H3/b20-15+,24-19?. The van der Waals surface area contributed by atoms with Crippen molar-refractivity contribution >= 4 is 29.2 Å². The predicted molar refractivity (Wildman–Crippen MR) is 118 cm³/mol. The van der Waals surface area contributed by atoms with Gasteiger partial charge in [0.1, 0.15) is 11.5 Å². The van der Waals surface area contributed by atoms with E-state index in [4.69, 9.17) is 14.3 Å². The van der Waals surface area contributed by atoms with E-state index < -0.39 is 17.8 Å². The maximum atomic E-state index is 13.2. The lowest BCUT2D eigenvalue weighted by Gasteiger charge is -2.26. The summed E-state index contributed by atoms with van der Waals surface area (Å²) in [5.41, 5.74) is 3.21. The number of rotatable bonds is 5. The van der Waals surface area contributed by atoms with Gasteiger partial charge in [0.05, 0.1) is 26.0 Å². The third kappa shape index (κ3) is 5.08. The second kappa shape index (κ2) is 10.1. The molecule has 4 rings (SSSR count). The monoisotopic (exact) mass is 450 g/mol. The second-order valence-electron chi connectivity index (χ2n) is 7.12. The van der Waals surface area contributed by atoms with Crippen LogP contribution in [0.25, 0.3) is 0 Å². The molecule has 0 radical (unpaired) electrons. The molecule has 2 aliphatic heterocycles. The summed E-state index contributed by atoms with van der Waals surface area (Å²) in [6.45, 7) is 1.46. The van der Waals surface area contributed by atoms with Gasteiger partial charge in [0.2, 0.25) is 0 Å². The van der Waals surface area contributed by atoms with Gasteiger partial charge in [-0.25, -0.2) is 14.8 Å². The van der Waals surface area contributed by atoms with Crippen molar-refractivity contribution in [3.05, 3.63) is 71.9 Å². The van der Waals surface area contributed by atoms with Crippen molar-refractivity contribution in [2.75, 3.05) is 38.4 Å². The first-order chi connectivity index (χ1) is 16.1. The highest BCUT2D eigenvalue weighted by Gasteiger charge is 2.32. The van der Waals surface area contributed by atoms with Gasteiger partial charge >= 0.3 is 5.97 Å². The van der Waals surface area contributed by atoms with E-state index in [-0.39, 0.29) is 11.4 Å². The number of benzene rings is 2. The van der Waals surface area contributed by atoms with E-state index in [0.29, 0.717) is 43.3 Å². The van der Waals surface area contributed by atoms with Gasteiger partial charge in [0.25, 0.3) is 11.8 Å². The molecular weight excluding hydrogens is 428 g/mol. The van der Waals surface area contributed by atoms with Crippen LogP contribution in [0, 0.1) is 0 Å². The summed E-state index contributed by atoms with van der Waals surface area (Å²) in [5.74, 6) is -1.17. The number of carbonyl (C=O) groups excluding carboxylic acids is 3. The van der Waals surface area contributed by atoms with Gasteiger partial charge in [-0.05, 0) is 36.4 Å². The zero-order chi connectivity index (χ0) is 23.2. The topological polar surface area (TPSA) is 110 Å². The van der Waals surface area contributed by atoms with Crippen LogP contribution in [-0.2, 0) is 19.2 Å². The number of nitrogens with one attached hydrogen (secondary N) is 1. The highest BCUT2D eigenvalue weighted by atomic mass is 16.7. The van der Waals surface area contributed by atoms with E-state index >= 15 is 0 Å². The smallest absolute Gasteiger partial charge is 0.376 e. The van der Waals surface area contributed by atoms with E-state index in [9.17, 15) is 14.4 Å². The first-order valence-corrected chi connectivity index (χ1v) is 10.2. The van der Waals surface area contributed by atoms with Crippen molar-refractivity contribution in [1.82, 2.24) is 10.5 Å². The summed E-state index contributed by atoms with van der Waals surface area (Å²) < 4.78 is 10.5. The number of hydrogen-bond acceptors (Lipinski definition) is 8. The van der Waals surface area contributed by atoms with Crippen LogP contribution in [0.3, 0.4) is 0 Å². The lowest BCUT2D eigenvalue weighted by molar-refractivity contribution is -0.140. The van der Waals surface area contributed by atoms with Crippen LogP contribution in [0.2, 0.25) is 0 Å². The average molecular weight is 450 g/mol. The molecular formula is C23H22N4O6. The van der Waals surface area contributed by atoms with Crippen molar-refractivity contribution in [3.63, 3.8) is 0 Å². The fraction of sp³-hybridized carbons (Fsp3) is 0.217. The molecule has 2 fully saturated rings. The minimum absolute atomic E-state index is 0.00129. The Hall–Kier alpha value is -4.02. The van der Waals surface area contributed by atoms with Crippen LogP contribution in [-0.4, -0.2) is 61.8 Å². The molecule has 0 atom stereocenters. The molecule has 0 aliphatic carbocycles. The van der Waals surface area contributed by atoms with Crippen LogP contribution in [0.15, 0.2) is 71.4 Å². The second-order valence-corrected chi connectivity index (χ2v) is 7.12. The number of nitrogens with zero attached hydrogens (tertiary/aromatic N) is 3. The van der Waals surface area contributed by atoms with E-state index in [1.807, 2.05) is 0 Å². The van der Waals surface area contributed by atoms with Crippen LogP contribution >= 0.6 is 0 Å². The molecule has 1 N–H and O–H groups in total. The van der Waals surface area contributed by atoms with Gasteiger partial charge in [-0.2, -0.15) is 0 Å². The van der Waals surface area contributed by atoms with Crippen LogP contribution in [0.5, 0.6) is 5.75 Å². The number of hydrazine groups is 1. The van der Waals surface area contributed by atoms with Crippen molar-refractivity contribution in [1.29, 1.82) is 0 Å². The normalized spacial score (nSPS) is 17.8. The Balaban J connectivity index is 1.71. The van der Waals surface area contributed by atoms with Gasteiger partial charge in [0.15, 0.2) is 5.70 Å². The van der Waals surface area contributed by atoms with Crippen molar-refractivity contribution < 1.29 is 28.7 Å². The molecule has 0 spiro atoms. The predicted octanol–water partition coefficient (Wildman–Crippen LogP) is 1.50. The number of methoxy groups -OCH3 is 1.